The van der Waals surface area contributed by atoms with Crippen molar-refractivity contribution in [3.63, 3.8) is 0 Å². The van der Waals surface area contributed by atoms with Crippen LogP contribution in [0.1, 0.15) is 5.56 Å². The zero-order chi connectivity index (χ0) is 12.9. The van der Waals surface area contributed by atoms with Crippen LogP contribution in [0, 0.1) is 6.92 Å². The second-order valence-corrected chi connectivity index (χ2v) is 7.47. The van der Waals surface area contributed by atoms with Crippen molar-refractivity contribution in [3.8, 4) is 0 Å². The fourth-order valence-corrected chi connectivity index (χ4v) is 4.86. The van der Waals surface area contributed by atoms with Crippen molar-refractivity contribution in [2.45, 2.75) is 16.7 Å². The molecule has 0 radical (unpaired) electrons. The van der Waals surface area contributed by atoms with Gasteiger partial charge in [0, 0.05) is 17.6 Å². The number of hydrogen-bond acceptors (Lipinski definition) is 1. The summed E-state index contributed by atoms with van der Waals surface area (Å²) in [7, 11) is 2.30. The minimum Gasteiger partial charge on any atom is -0.336 e. The molecule has 1 aliphatic heterocycles. The van der Waals surface area contributed by atoms with E-state index in [9.17, 15) is 0 Å². The van der Waals surface area contributed by atoms with Gasteiger partial charge in [-0.15, -0.1) is 0 Å². The number of anilines is 2. The molecule has 0 saturated carbocycles. The number of halogens is 1. The molecule has 0 aromatic heterocycles. The van der Waals surface area contributed by atoms with Crippen LogP contribution in [0.2, 0.25) is 0 Å². The molecule has 3 rings (SSSR count). The first-order valence-electron chi connectivity index (χ1n) is 5.88. The highest BCUT2D eigenvalue weighted by Crippen LogP contribution is 2.44. The Balaban J connectivity index is 2.25. The molecule has 3 heteroatoms. The number of rotatable bonds is 0. The van der Waals surface area contributed by atoms with Gasteiger partial charge in [-0.05, 0) is 36.8 Å². The third kappa shape index (κ3) is 1.77. The van der Waals surface area contributed by atoms with Crippen molar-refractivity contribution in [2.75, 3.05) is 18.2 Å². The molecule has 18 heavy (non-hydrogen) atoms. The Kier molecular flexibility index (Phi) is 2.91. The van der Waals surface area contributed by atoms with E-state index in [0.29, 0.717) is 0 Å². The Hall–Kier alpha value is -0.930. The summed E-state index contributed by atoms with van der Waals surface area (Å²) >= 11 is 3.58. The molecule has 1 nitrogen and oxygen atoms in total. The first kappa shape index (κ1) is 12.1. The normalized spacial score (nSPS) is 17.3. The van der Waals surface area contributed by atoms with Crippen LogP contribution in [0.25, 0.3) is 0 Å². The van der Waals surface area contributed by atoms with Crippen LogP contribution >= 0.6 is 15.9 Å². The Labute approximate surface area is 119 Å². The highest BCUT2D eigenvalue weighted by atomic mass is 79.9. The van der Waals surface area contributed by atoms with Gasteiger partial charge < -0.3 is 4.90 Å². The zero-order valence-corrected chi connectivity index (χ0v) is 13.1. The molecule has 0 amide bonds. The molecule has 0 spiro atoms. The molecule has 1 aliphatic rings. The summed E-state index contributed by atoms with van der Waals surface area (Å²) in [4.78, 5) is 5.16. The van der Waals surface area contributed by atoms with Crippen molar-refractivity contribution in [1.29, 1.82) is 0 Å². The molecule has 0 saturated heterocycles. The summed E-state index contributed by atoms with van der Waals surface area (Å²) in [5.74, 6) is 0. The number of hydrogen-bond donors (Lipinski definition) is 0. The Morgan fingerprint density at radius 1 is 1.00 bits per heavy atom. The van der Waals surface area contributed by atoms with E-state index in [2.05, 4.69) is 77.5 Å². The lowest BCUT2D eigenvalue weighted by molar-refractivity contribution is 1.09. The highest BCUT2D eigenvalue weighted by Gasteiger charge is 2.34. The lowest BCUT2D eigenvalue weighted by atomic mass is 10.2. The summed E-state index contributed by atoms with van der Waals surface area (Å²) < 4.78 is 1.16. The van der Waals surface area contributed by atoms with Gasteiger partial charge in [0.25, 0.3) is 0 Å². The van der Waals surface area contributed by atoms with Gasteiger partial charge in [-0.3, -0.25) is 0 Å². The van der Waals surface area contributed by atoms with Crippen LogP contribution in [0.15, 0.2) is 50.7 Å². The molecule has 1 unspecified atom stereocenters. The Morgan fingerprint density at radius 2 is 1.61 bits per heavy atom. The fraction of sp³-hybridized carbons (Fsp3) is 0.200. The maximum absolute atomic E-state index is 3.58. The van der Waals surface area contributed by atoms with E-state index in [-0.39, 0.29) is 10.9 Å². The molecular weight excluding hydrogens is 306 g/mol. The van der Waals surface area contributed by atoms with E-state index in [1.54, 1.807) is 0 Å². The third-order valence-corrected chi connectivity index (χ3v) is 5.89. The quantitative estimate of drug-likeness (QED) is 0.646. The van der Waals surface area contributed by atoms with Gasteiger partial charge in [0.15, 0.2) is 9.79 Å². The van der Waals surface area contributed by atoms with E-state index in [0.717, 1.165) is 4.47 Å². The molecule has 1 heterocycles. The van der Waals surface area contributed by atoms with Crippen molar-refractivity contribution in [1.82, 2.24) is 0 Å². The average molecular weight is 321 g/mol. The summed E-state index contributed by atoms with van der Waals surface area (Å²) in [6, 6.07) is 13.3. The minimum absolute atomic E-state index is 0.147. The standard InChI is InChI=1S/C15H15BrNS/c1-10-4-6-12-14(8-10)18(3)15-9-11(16)5-7-13(15)17(12)2/h4-9H,1-3H3/q+1. The van der Waals surface area contributed by atoms with Gasteiger partial charge in [0.05, 0.1) is 22.3 Å². The Bertz CT molecular complexity index is 570. The van der Waals surface area contributed by atoms with Gasteiger partial charge in [-0.1, -0.05) is 22.0 Å². The van der Waals surface area contributed by atoms with Crippen LogP contribution in [-0.4, -0.2) is 13.3 Å². The van der Waals surface area contributed by atoms with Crippen molar-refractivity contribution >= 4 is 38.2 Å². The predicted molar refractivity (Wildman–Crippen MR) is 83.2 cm³/mol. The lowest BCUT2D eigenvalue weighted by Crippen LogP contribution is -2.21. The molecule has 1 atom stereocenters. The maximum Gasteiger partial charge on any atom is 0.185 e. The minimum atomic E-state index is 0.147. The molecule has 0 N–H and O–H groups in total. The van der Waals surface area contributed by atoms with Crippen LogP contribution in [0.3, 0.4) is 0 Å². The molecule has 92 valence electrons. The lowest BCUT2D eigenvalue weighted by Gasteiger charge is -2.27. The Morgan fingerprint density at radius 3 is 2.33 bits per heavy atom. The van der Waals surface area contributed by atoms with Crippen molar-refractivity contribution in [2.24, 2.45) is 0 Å². The smallest absolute Gasteiger partial charge is 0.185 e. The molecule has 2 aromatic rings. The van der Waals surface area contributed by atoms with Crippen LogP contribution in [-0.2, 0) is 10.9 Å². The molecule has 0 fully saturated rings. The molecular formula is C15H15BrNS+. The molecule has 2 aromatic carbocycles. The number of aryl methyl sites for hydroxylation is 1. The number of benzene rings is 2. The fourth-order valence-electron chi connectivity index (χ4n) is 2.40. The van der Waals surface area contributed by atoms with Crippen LogP contribution in [0.5, 0.6) is 0 Å². The van der Waals surface area contributed by atoms with Crippen LogP contribution in [0.4, 0.5) is 11.4 Å². The van der Waals surface area contributed by atoms with Gasteiger partial charge in [-0.25, -0.2) is 0 Å². The van der Waals surface area contributed by atoms with Gasteiger partial charge in [-0.2, -0.15) is 0 Å². The summed E-state index contributed by atoms with van der Waals surface area (Å²) in [6.07, 6.45) is 2.32. The van der Waals surface area contributed by atoms with E-state index < -0.39 is 0 Å². The van der Waals surface area contributed by atoms with Gasteiger partial charge in [0.1, 0.15) is 6.26 Å². The monoisotopic (exact) mass is 320 g/mol. The topological polar surface area (TPSA) is 3.24 Å². The van der Waals surface area contributed by atoms with Crippen LogP contribution < -0.4 is 4.90 Å². The predicted octanol–water partition coefficient (Wildman–Crippen LogP) is 4.50. The molecule has 0 aliphatic carbocycles. The van der Waals surface area contributed by atoms with E-state index in [4.69, 9.17) is 0 Å². The summed E-state index contributed by atoms with van der Waals surface area (Å²) in [6.45, 7) is 2.16. The number of nitrogens with zero attached hydrogens (tertiary/aromatic N) is 1. The third-order valence-electron chi connectivity index (χ3n) is 3.42. The number of fused-ring (bicyclic) bond motifs is 2. The first-order chi connectivity index (χ1) is 8.58. The first-order valence-corrected chi connectivity index (χ1v) is 8.30. The van der Waals surface area contributed by atoms with Gasteiger partial charge in [0.2, 0.25) is 0 Å². The summed E-state index contributed by atoms with van der Waals surface area (Å²) in [5, 5.41) is 0. The second kappa shape index (κ2) is 4.32. The van der Waals surface area contributed by atoms with E-state index >= 15 is 0 Å². The van der Waals surface area contributed by atoms with E-state index in [1.165, 1.54) is 26.7 Å². The maximum atomic E-state index is 3.58. The van der Waals surface area contributed by atoms with E-state index in [1.807, 2.05) is 0 Å². The highest BCUT2D eigenvalue weighted by molar-refractivity contribution is 9.10. The van der Waals surface area contributed by atoms with Crippen molar-refractivity contribution in [3.05, 3.63) is 46.4 Å². The SMILES string of the molecule is Cc1ccc2c(c1)[S+](C)c1cc(Br)ccc1N2C. The largest absolute Gasteiger partial charge is 0.336 e. The second-order valence-electron chi connectivity index (χ2n) is 4.65. The average Bonchev–Trinajstić information content (AvgIpc) is 2.35. The molecule has 0 bridgehead atoms. The zero-order valence-electron chi connectivity index (χ0n) is 10.7. The van der Waals surface area contributed by atoms with Crippen molar-refractivity contribution < 1.29 is 0 Å². The summed E-state index contributed by atoms with van der Waals surface area (Å²) in [5.41, 5.74) is 3.99. The van der Waals surface area contributed by atoms with Gasteiger partial charge >= 0.3 is 0 Å².